The number of carbonyl (C=O) groups is 1. The Kier molecular flexibility index (Phi) is 4.65. The van der Waals surface area contributed by atoms with E-state index in [1.165, 1.54) is 0 Å². The minimum absolute atomic E-state index is 0.0891. The zero-order valence-corrected chi connectivity index (χ0v) is 14.6. The van der Waals surface area contributed by atoms with Crippen molar-refractivity contribution in [2.24, 2.45) is 10.2 Å². The largest absolute Gasteiger partial charge is 0.493 e. The van der Waals surface area contributed by atoms with Crippen molar-refractivity contribution in [3.8, 4) is 5.88 Å². The van der Waals surface area contributed by atoms with Gasteiger partial charge in [0.2, 0.25) is 5.88 Å². The molecule has 2 aromatic carbocycles. The maximum atomic E-state index is 12.2. The Bertz CT molecular complexity index is 937. The second-order valence-corrected chi connectivity index (χ2v) is 6.34. The Balaban J connectivity index is 1.92. The van der Waals surface area contributed by atoms with Gasteiger partial charge in [0.1, 0.15) is 0 Å². The van der Waals surface area contributed by atoms with Crippen LogP contribution in [0.3, 0.4) is 0 Å². The number of H-pyrrole nitrogens is 1. The number of rotatable bonds is 4. The lowest BCUT2D eigenvalue weighted by Crippen LogP contribution is -1.93. The number of fused-ring (bicyclic) bond motifs is 1. The number of hydrogen-bond donors (Lipinski definition) is 2. The predicted molar refractivity (Wildman–Crippen MR) is 98.7 cm³/mol. The SMILES string of the molecule is CCc1ccc(C(=O)N=Nc2c(O)[nH]c3ccc(C(C)C)cc23)cc1. The molecule has 0 aliphatic heterocycles. The van der Waals surface area contributed by atoms with Gasteiger partial charge in [0.05, 0.1) is 5.52 Å². The molecule has 5 nitrogen and oxygen atoms in total. The van der Waals surface area contributed by atoms with Crippen LogP contribution in [-0.4, -0.2) is 16.0 Å². The van der Waals surface area contributed by atoms with Crippen LogP contribution < -0.4 is 0 Å². The molecule has 0 saturated heterocycles. The van der Waals surface area contributed by atoms with Crippen LogP contribution in [0, 0.1) is 0 Å². The second-order valence-electron chi connectivity index (χ2n) is 6.34. The Hall–Kier alpha value is -2.95. The average molecular weight is 335 g/mol. The van der Waals surface area contributed by atoms with E-state index in [0.29, 0.717) is 11.5 Å². The summed E-state index contributed by atoms with van der Waals surface area (Å²) in [5.74, 6) is -0.171. The quantitative estimate of drug-likeness (QED) is 0.619. The van der Waals surface area contributed by atoms with Gasteiger partial charge >= 0.3 is 0 Å². The number of aromatic amines is 1. The van der Waals surface area contributed by atoms with Crippen molar-refractivity contribution in [1.29, 1.82) is 0 Å². The summed E-state index contributed by atoms with van der Waals surface area (Å²) in [4.78, 5) is 15.1. The first-order chi connectivity index (χ1) is 12.0. The number of aromatic nitrogens is 1. The summed E-state index contributed by atoms with van der Waals surface area (Å²) >= 11 is 0. The van der Waals surface area contributed by atoms with E-state index in [-0.39, 0.29) is 11.6 Å². The number of carbonyl (C=O) groups excluding carboxylic acids is 1. The van der Waals surface area contributed by atoms with Crippen molar-refractivity contribution in [1.82, 2.24) is 4.98 Å². The van der Waals surface area contributed by atoms with Gasteiger partial charge in [-0.15, -0.1) is 10.2 Å². The van der Waals surface area contributed by atoms with Crippen LogP contribution in [0.25, 0.3) is 10.9 Å². The lowest BCUT2D eigenvalue weighted by molar-refractivity contribution is 0.0995. The zero-order valence-electron chi connectivity index (χ0n) is 14.6. The van der Waals surface area contributed by atoms with E-state index >= 15 is 0 Å². The summed E-state index contributed by atoms with van der Waals surface area (Å²) in [6.07, 6.45) is 0.914. The van der Waals surface area contributed by atoms with Crippen LogP contribution in [0.4, 0.5) is 5.69 Å². The van der Waals surface area contributed by atoms with Crippen molar-refractivity contribution in [2.45, 2.75) is 33.1 Å². The zero-order chi connectivity index (χ0) is 18.0. The summed E-state index contributed by atoms with van der Waals surface area (Å²) < 4.78 is 0. The maximum absolute atomic E-state index is 12.2. The molecule has 0 aliphatic carbocycles. The Labute approximate surface area is 146 Å². The topological polar surface area (TPSA) is 77.8 Å². The molecule has 128 valence electrons. The van der Waals surface area contributed by atoms with Crippen LogP contribution in [0.15, 0.2) is 52.7 Å². The molecule has 0 saturated carbocycles. The van der Waals surface area contributed by atoms with Crippen LogP contribution >= 0.6 is 0 Å². The van der Waals surface area contributed by atoms with E-state index < -0.39 is 5.91 Å². The minimum Gasteiger partial charge on any atom is -0.493 e. The van der Waals surface area contributed by atoms with Gasteiger partial charge in [0.25, 0.3) is 5.91 Å². The van der Waals surface area contributed by atoms with E-state index in [2.05, 4.69) is 36.0 Å². The highest BCUT2D eigenvalue weighted by Gasteiger charge is 2.13. The lowest BCUT2D eigenvalue weighted by atomic mass is 10.0. The molecule has 0 unspecified atom stereocenters. The molecule has 3 aromatic rings. The molecule has 1 aromatic heterocycles. The van der Waals surface area contributed by atoms with Gasteiger partial charge in [-0.25, -0.2) is 0 Å². The van der Waals surface area contributed by atoms with Gasteiger partial charge in [-0.1, -0.05) is 39.0 Å². The highest BCUT2D eigenvalue weighted by Crippen LogP contribution is 2.37. The molecule has 0 atom stereocenters. The van der Waals surface area contributed by atoms with Crippen LogP contribution in [0.1, 0.15) is 48.2 Å². The molecule has 0 aliphatic rings. The van der Waals surface area contributed by atoms with Crippen molar-refractivity contribution < 1.29 is 9.90 Å². The maximum Gasteiger partial charge on any atom is 0.295 e. The third kappa shape index (κ3) is 3.45. The lowest BCUT2D eigenvalue weighted by Gasteiger charge is -2.04. The van der Waals surface area contributed by atoms with Crippen molar-refractivity contribution in [2.75, 3.05) is 0 Å². The van der Waals surface area contributed by atoms with Gasteiger partial charge in [0, 0.05) is 10.9 Å². The first-order valence-corrected chi connectivity index (χ1v) is 8.39. The van der Waals surface area contributed by atoms with Crippen molar-refractivity contribution in [3.63, 3.8) is 0 Å². The van der Waals surface area contributed by atoms with Crippen molar-refractivity contribution >= 4 is 22.5 Å². The smallest absolute Gasteiger partial charge is 0.295 e. The summed E-state index contributed by atoms with van der Waals surface area (Å²) in [5.41, 5.74) is 3.81. The van der Waals surface area contributed by atoms with Gasteiger partial charge < -0.3 is 10.1 Å². The number of nitrogens with one attached hydrogen (secondary N) is 1. The fourth-order valence-electron chi connectivity index (χ4n) is 2.68. The molecule has 0 bridgehead atoms. The molecule has 0 spiro atoms. The van der Waals surface area contributed by atoms with E-state index in [1.54, 1.807) is 12.1 Å². The standard InChI is InChI=1S/C20H21N3O2/c1-4-13-5-7-14(8-6-13)19(24)23-22-18-16-11-15(12(2)3)9-10-17(16)21-20(18)25/h5-12,21,25H,4H2,1-3H3. The number of azo groups is 1. The molecule has 25 heavy (non-hydrogen) atoms. The molecule has 1 amide bonds. The fraction of sp³-hybridized carbons (Fsp3) is 0.250. The number of aromatic hydroxyl groups is 1. The van der Waals surface area contributed by atoms with Gasteiger partial charge in [-0.05, 0) is 47.7 Å². The summed E-state index contributed by atoms with van der Waals surface area (Å²) in [7, 11) is 0. The van der Waals surface area contributed by atoms with Gasteiger partial charge in [0.15, 0.2) is 5.69 Å². The first-order valence-electron chi connectivity index (χ1n) is 8.39. The first kappa shape index (κ1) is 16.9. The van der Waals surface area contributed by atoms with E-state index in [9.17, 15) is 9.90 Å². The summed E-state index contributed by atoms with van der Waals surface area (Å²) in [6, 6.07) is 13.2. The normalized spacial score (nSPS) is 11.7. The Morgan fingerprint density at radius 3 is 2.52 bits per heavy atom. The number of hydrogen-bond acceptors (Lipinski definition) is 3. The third-order valence-electron chi connectivity index (χ3n) is 4.29. The number of benzene rings is 2. The number of amides is 1. The minimum atomic E-state index is -0.434. The third-order valence-corrected chi connectivity index (χ3v) is 4.29. The Morgan fingerprint density at radius 1 is 1.16 bits per heavy atom. The predicted octanol–water partition coefficient (Wildman–Crippen LogP) is 5.48. The monoisotopic (exact) mass is 335 g/mol. The number of nitrogens with zero attached hydrogens (tertiary/aromatic N) is 2. The highest BCUT2D eigenvalue weighted by molar-refractivity contribution is 5.97. The summed E-state index contributed by atoms with van der Waals surface area (Å²) in [6.45, 7) is 6.25. The highest BCUT2D eigenvalue weighted by atomic mass is 16.3. The van der Waals surface area contributed by atoms with Crippen LogP contribution in [-0.2, 0) is 6.42 Å². The van der Waals surface area contributed by atoms with Crippen LogP contribution in [0.2, 0.25) is 0 Å². The molecule has 0 radical (unpaired) electrons. The van der Waals surface area contributed by atoms with Gasteiger partial charge in [-0.3, -0.25) is 4.79 Å². The molecule has 3 rings (SSSR count). The van der Waals surface area contributed by atoms with Crippen LogP contribution in [0.5, 0.6) is 5.88 Å². The molecule has 0 fully saturated rings. The molecule has 1 heterocycles. The Morgan fingerprint density at radius 2 is 1.88 bits per heavy atom. The molecular formula is C20H21N3O2. The molecule has 2 N–H and O–H groups in total. The van der Waals surface area contributed by atoms with E-state index in [4.69, 9.17) is 0 Å². The average Bonchev–Trinajstić information content (AvgIpc) is 2.94. The van der Waals surface area contributed by atoms with Crippen molar-refractivity contribution in [3.05, 3.63) is 59.2 Å². The second kappa shape index (κ2) is 6.89. The molecule has 5 heteroatoms. The number of aryl methyl sites for hydroxylation is 1. The fourth-order valence-corrected chi connectivity index (χ4v) is 2.68. The van der Waals surface area contributed by atoms with E-state index in [1.807, 2.05) is 30.3 Å². The molecular weight excluding hydrogens is 314 g/mol. The van der Waals surface area contributed by atoms with Gasteiger partial charge in [-0.2, -0.15) is 0 Å². The van der Waals surface area contributed by atoms with E-state index in [0.717, 1.165) is 28.5 Å². The summed E-state index contributed by atoms with van der Waals surface area (Å²) in [5, 5.41) is 18.6.